The van der Waals surface area contributed by atoms with Crippen LogP contribution in [0.1, 0.15) is 18.3 Å². The zero-order chi connectivity index (χ0) is 11.3. The molecule has 0 saturated carbocycles. The van der Waals surface area contributed by atoms with Gasteiger partial charge in [0.25, 0.3) is 0 Å². The summed E-state index contributed by atoms with van der Waals surface area (Å²) in [4.78, 5) is 14.2. The largest absolute Gasteiger partial charge is 0.464 e. The number of nitrogens with zero attached hydrogens (tertiary/aromatic N) is 4. The zero-order valence-electron chi connectivity index (χ0n) is 8.10. The molecule has 76 valence electrons. The van der Waals surface area contributed by atoms with Crippen LogP contribution in [0, 0.1) is 22.7 Å². The first-order valence-electron chi connectivity index (χ1n) is 4.17. The van der Waals surface area contributed by atoms with E-state index in [4.69, 9.17) is 15.3 Å². The van der Waals surface area contributed by atoms with Gasteiger partial charge in [-0.2, -0.15) is 10.5 Å². The van der Waals surface area contributed by atoms with Gasteiger partial charge in [0.05, 0.1) is 12.9 Å². The minimum atomic E-state index is -0.380. The lowest BCUT2D eigenvalue weighted by Crippen LogP contribution is -2.09. The van der Waals surface area contributed by atoms with Crippen LogP contribution in [0.25, 0.3) is 0 Å². The van der Waals surface area contributed by atoms with Crippen molar-refractivity contribution < 1.29 is 9.53 Å². The van der Waals surface area contributed by atoms with Gasteiger partial charge in [-0.25, -0.2) is 4.98 Å². The van der Waals surface area contributed by atoms with Crippen LogP contribution in [0.15, 0.2) is 6.33 Å². The summed E-state index contributed by atoms with van der Waals surface area (Å²) in [6, 6.07) is 3.67. The molecule has 0 aliphatic heterocycles. The van der Waals surface area contributed by atoms with Crippen LogP contribution in [0.3, 0.4) is 0 Å². The molecule has 0 spiro atoms. The van der Waals surface area contributed by atoms with Crippen molar-refractivity contribution in [2.24, 2.45) is 0 Å². The van der Waals surface area contributed by atoms with Gasteiger partial charge in [0, 0.05) is 6.92 Å². The van der Waals surface area contributed by atoms with Crippen LogP contribution in [0.5, 0.6) is 0 Å². The quantitative estimate of drug-likeness (QED) is 0.655. The summed E-state index contributed by atoms with van der Waals surface area (Å²) >= 11 is 0. The predicted molar refractivity (Wildman–Crippen MR) is 48.3 cm³/mol. The van der Waals surface area contributed by atoms with Gasteiger partial charge < -0.3 is 9.30 Å². The highest BCUT2D eigenvalue weighted by atomic mass is 16.5. The van der Waals surface area contributed by atoms with Crippen LogP contribution in [-0.4, -0.2) is 22.1 Å². The van der Waals surface area contributed by atoms with Gasteiger partial charge in [0.2, 0.25) is 0 Å². The molecule has 0 amide bonds. The third kappa shape index (κ3) is 2.55. The highest BCUT2D eigenvalue weighted by Gasteiger charge is 2.09. The summed E-state index contributed by atoms with van der Waals surface area (Å²) in [7, 11) is 0. The number of aromatic nitrogens is 2. The zero-order valence-corrected chi connectivity index (χ0v) is 8.10. The van der Waals surface area contributed by atoms with E-state index in [1.54, 1.807) is 6.07 Å². The second-order valence-corrected chi connectivity index (χ2v) is 2.70. The van der Waals surface area contributed by atoms with Gasteiger partial charge in [-0.3, -0.25) is 4.79 Å². The van der Waals surface area contributed by atoms with Gasteiger partial charge in [-0.1, -0.05) is 0 Å². The molecule has 15 heavy (non-hydrogen) atoms. The molecule has 6 nitrogen and oxygen atoms in total. The van der Waals surface area contributed by atoms with Crippen LogP contribution in [0.4, 0.5) is 0 Å². The number of carbonyl (C=O) groups is 1. The molecule has 1 aromatic heterocycles. The maximum atomic E-state index is 10.5. The summed E-state index contributed by atoms with van der Waals surface area (Å²) in [5, 5.41) is 17.4. The number of imidazole rings is 1. The van der Waals surface area contributed by atoms with Crippen LogP contribution in [0.2, 0.25) is 0 Å². The van der Waals surface area contributed by atoms with E-state index in [0.717, 1.165) is 0 Å². The monoisotopic (exact) mass is 204 g/mol. The number of nitriles is 2. The summed E-state index contributed by atoms with van der Waals surface area (Å²) in [5.41, 5.74) is 0.268. The van der Waals surface area contributed by atoms with Gasteiger partial charge in [-0.05, 0) is 0 Å². The first kappa shape index (κ1) is 10.7. The Morgan fingerprint density at radius 3 is 2.87 bits per heavy atom. The molecule has 0 saturated heterocycles. The Morgan fingerprint density at radius 1 is 1.60 bits per heavy atom. The lowest BCUT2D eigenvalue weighted by molar-refractivity contribution is -0.141. The van der Waals surface area contributed by atoms with Gasteiger partial charge in [0.1, 0.15) is 18.7 Å². The highest BCUT2D eigenvalue weighted by molar-refractivity contribution is 5.65. The third-order valence-electron chi connectivity index (χ3n) is 1.69. The van der Waals surface area contributed by atoms with E-state index in [9.17, 15) is 4.79 Å². The number of carbonyl (C=O) groups excluding carboxylic acids is 1. The fourth-order valence-corrected chi connectivity index (χ4v) is 1.04. The Balaban J connectivity index is 2.71. The van der Waals surface area contributed by atoms with Crippen LogP contribution in [-0.2, 0) is 16.1 Å². The van der Waals surface area contributed by atoms with Gasteiger partial charge in [0.15, 0.2) is 11.4 Å². The smallest absolute Gasteiger partial charge is 0.302 e. The fourth-order valence-electron chi connectivity index (χ4n) is 1.04. The predicted octanol–water partition coefficient (Wildman–Crippen LogP) is 0.190. The first-order chi connectivity index (χ1) is 7.19. The highest BCUT2D eigenvalue weighted by Crippen LogP contribution is 2.04. The molecule has 0 atom stereocenters. The molecular weight excluding hydrogens is 196 g/mol. The van der Waals surface area contributed by atoms with Gasteiger partial charge in [-0.15, -0.1) is 0 Å². The van der Waals surface area contributed by atoms with Gasteiger partial charge >= 0.3 is 5.97 Å². The van der Waals surface area contributed by atoms with Crippen molar-refractivity contribution in [1.82, 2.24) is 9.55 Å². The first-order valence-corrected chi connectivity index (χ1v) is 4.17. The van der Waals surface area contributed by atoms with Crippen molar-refractivity contribution in [3.63, 3.8) is 0 Å². The van der Waals surface area contributed by atoms with Crippen LogP contribution >= 0.6 is 0 Å². The number of esters is 1. The van der Waals surface area contributed by atoms with Crippen molar-refractivity contribution in [2.45, 2.75) is 13.5 Å². The van der Waals surface area contributed by atoms with E-state index < -0.39 is 0 Å². The van der Waals surface area contributed by atoms with Crippen molar-refractivity contribution in [2.75, 3.05) is 6.61 Å². The Bertz CT molecular complexity index is 450. The Kier molecular flexibility index (Phi) is 3.42. The summed E-state index contributed by atoms with van der Waals surface area (Å²) < 4.78 is 6.18. The summed E-state index contributed by atoms with van der Waals surface area (Å²) in [5.74, 6) is -0.380. The van der Waals surface area contributed by atoms with Crippen molar-refractivity contribution in [3.05, 3.63) is 17.7 Å². The van der Waals surface area contributed by atoms with E-state index in [2.05, 4.69) is 4.98 Å². The molecule has 0 aromatic carbocycles. The number of rotatable bonds is 3. The maximum Gasteiger partial charge on any atom is 0.302 e. The normalized spacial score (nSPS) is 9.00. The van der Waals surface area contributed by atoms with E-state index >= 15 is 0 Å². The SMILES string of the molecule is CC(=O)OCCn1cnc(C#N)c1C#N. The molecule has 1 aromatic rings. The Morgan fingerprint density at radius 2 is 2.33 bits per heavy atom. The fraction of sp³-hybridized carbons (Fsp3) is 0.333. The second kappa shape index (κ2) is 4.77. The molecular formula is C9H8N4O2. The molecule has 0 unspecified atom stereocenters. The molecule has 0 radical (unpaired) electrons. The number of hydrogen-bond donors (Lipinski definition) is 0. The average molecular weight is 204 g/mol. The molecule has 0 aliphatic rings. The molecule has 0 bridgehead atoms. The molecule has 0 N–H and O–H groups in total. The van der Waals surface area contributed by atoms with E-state index in [1.807, 2.05) is 6.07 Å². The lowest BCUT2D eigenvalue weighted by atomic mass is 10.3. The summed E-state index contributed by atoms with van der Waals surface area (Å²) in [6.07, 6.45) is 1.38. The molecule has 1 heterocycles. The second-order valence-electron chi connectivity index (χ2n) is 2.70. The standard InChI is InChI=1S/C9H8N4O2/c1-7(14)15-3-2-13-6-12-8(4-10)9(13)5-11/h6H,2-3H2,1H3. The molecule has 0 fully saturated rings. The average Bonchev–Trinajstić information content (AvgIpc) is 2.59. The number of hydrogen-bond acceptors (Lipinski definition) is 5. The lowest BCUT2D eigenvalue weighted by Gasteiger charge is -2.03. The molecule has 1 rings (SSSR count). The topological polar surface area (TPSA) is 91.7 Å². The van der Waals surface area contributed by atoms with Crippen molar-refractivity contribution >= 4 is 5.97 Å². The van der Waals surface area contributed by atoms with E-state index in [-0.39, 0.29) is 24.0 Å². The minimum absolute atomic E-state index is 0.0836. The molecule has 0 aliphatic carbocycles. The minimum Gasteiger partial charge on any atom is -0.464 e. The van der Waals surface area contributed by atoms with E-state index in [0.29, 0.717) is 6.54 Å². The molecule has 6 heteroatoms. The Labute approximate surface area is 86.3 Å². The van der Waals surface area contributed by atoms with Crippen LogP contribution < -0.4 is 0 Å². The van der Waals surface area contributed by atoms with E-state index in [1.165, 1.54) is 17.8 Å². The maximum absolute atomic E-state index is 10.5. The van der Waals surface area contributed by atoms with Crippen molar-refractivity contribution in [1.29, 1.82) is 10.5 Å². The number of ether oxygens (including phenoxy) is 1. The van der Waals surface area contributed by atoms with Crippen molar-refractivity contribution in [3.8, 4) is 12.1 Å². The summed E-state index contributed by atoms with van der Waals surface area (Å²) in [6.45, 7) is 1.78. The Hall–Kier alpha value is -2.34. The third-order valence-corrected chi connectivity index (χ3v) is 1.69.